The number of rotatable bonds is 10. The minimum Gasteiger partial charge on any atom is -0.390 e. The van der Waals surface area contributed by atoms with Crippen LogP contribution in [0.4, 0.5) is 5.00 Å². The van der Waals surface area contributed by atoms with Gasteiger partial charge in [0.2, 0.25) is 0 Å². The van der Waals surface area contributed by atoms with E-state index in [-0.39, 0.29) is 6.15 Å². The van der Waals surface area contributed by atoms with Crippen molar-refractivity contribution < 1.29 is 14.4 Å². The maximum absolute atomic E-state index is 10.6. The van der Waals surface area contributed by atoms with Crippen LogP contribution in [0.1, 0.15) is 73.5 Å². The molecule has 0 aromatic carbocycles. The maximum Gasteiger partial charge on any atom is 0.373 e. The van der Waals surface area contributed by atoms with Crippen molar-refractivity contribution in [1.82, 2.24) is 0 Å². The molecule has 1 heterocycles. The molecule has 118 valence electrons. The molecule has 1 rings (SSSR count). The fourth-order valence-corrected chi connectivity index (χ4v) is 2.96. The van der Waals surface area contributed by atoms with Gasteiger partial charge in [-0.05, 0) is 24.5 Å². The molecular formula is C16H25NO3S. The second-order valence-corrected chi connectivity index (χ2v) is 6.08. The molecule has 0 fully saturated rings. The molecule has 5 heteroatoms. The van der Waals surface area contributed by atoms with Crippen molar-refractivity contribution in [2.45, 2.75) is 64.7 Å². The Morgan fingerprint density at radius 2 is 1.62 bits per heavy atom. The summed E-state index contributed by atoms with van der Waals surface area (Å²) >= 11 is 1.40. The highest BCUT2D eigenvalue weighted by Gasteiger charge is 2.05. The van der Waals surface area contributed by atoms with E-state index < -0.39 is 0 Å². The molecule has 0 saturated carbocycles. The van der Waals surface area contributed by atoms with Crippen molar-refractivity contribution in [3.63, 3.8) is 0 Å². The number of hydrogen-bond acceptors (Lipinski definition) is 5. The molecule has 0 aliphatic heterocycles. The second kappa shape index (κ2) is 13.5. The molecule has 2 N–H and O–H groups in total. The average Bonchev–Trinajstić information content (AvgIpc) is 2.83. The summed E-state index contributed by atoms with van der Waals surface area (Å²) in [5.74, 6) is 0. The van der Waals surface area contributed by atoms with Crippen molar-refractivity contribution in [3.05, 3.63) is 16.5 Å². The number of nitrogens with two attached hydrogens (primary N) is 1. The van der Waals surface area contributed by atoms with Crippen LogP contribution in [0, 0.1) is 0 Å². The Hall–Kier alpha value is -1.45. The van der Waals surface area contributed by atoms with E-state index in [1.807, 2.05) is 6.07 Å². The zero-order valence-electron chi connectivity index (χ0n) is 12.7. The summed E-state index contributed by atoms with van der Waals surface area (Å²) < 4.78 is 0. The summed E-state index contributed by atoms with van der Waals surface area (Å²) in [4.78, 5) is 27.6. The van der Waals surface area contributed by atoms with Crippen molar-refractivity contribution in [2.75, 3.05) is 5.73 Å². The minimum atomic E-state index is 0.250. The quantitative estimate of drug-likeness (QED) is 0.518. The number of aryl methyl sites for hydroxylation is 1. The Morgan fingerprint density at radius 1 is 1.10 bits per heavy atom. The third-order valence-electron chi connectivity index (χ3n) is 3.28. The molecule has 4 nitrogen and oxygen atoms in total. The lowest BCUT2D eigenvalue weighted by Crippen LogP contribution is -1.89. The van der Waals surface area contributed by atoms with E-state index in [1.54, 1.807) is 0 Å². The Labute approximate surface area is 130 Å². The molecule has 0 aliphatic rings. The molecule has 21 heavy (non-hydrogen) atoms. The molecule has 1 aromatic rings. The van der Waals surface area contributed by atoms with E-state index in [2.05, 4.69) is 6.92 Å². The number of aldehydes is 1. The molecule has 0 amide bonds. The van der Waals surface area contributed by atoms with Crippen LogP contribution >= 0.6 is 11.3 Å². The van der Waals surface area contributed by atoms with Crippen molar-refractivity contribution >= 4 is 28.8 Å². The SMILES string of the molecule is CCCCCCCCCCc1cc(C=O)sc1N.O=C=O. The van der Waals surface area contributed by atoms with Crippen LogP contribution in [-0.2, 0) is 16.0 Å². The minimum absolute atomic E-state index is 0.250. The maximum atomic E-state index is 10.6. The van der Waals surface area contributed by atoms with Crippen LogP contribution in [-0.4, -0.2) is 12.4 Å². The van der Waals surface area contributed by atoms with Gasteiger partial charge in [-0.2, -0.15) is 9.59 Å². The zero-order chi connectivity index (χ0) is 15.9. The highest BCUT2D eigenvalue weighted by molar-refractivity contribution is 7.17. The van der Waals surface area contributed by atoms with Crippen molar-refractivity contribution in [3.8, 4) is 0 Å². The fourth-order valence-electron chi connectivity index (χ4n) is 2.17. The largest absolute Gasteiger partial charge is 0.390 e. The van der Waals surface area contributed by atoms with Gasteiger partial charge in [-0.15, -0.1) is 11.3 Å². The number of thiophene rings is 1. The third kappa shape index (κ3) is 9.99. The molecule has 0 atom stereocenters. The highest BCUT2D eigenvalue weighted by Crippen LogP contribution is 2.25. The smallest absolute Gasteiger partial charge is 0.373 e. The molecule has 0 aliphatic carbocycles. The van der Waals surface area contributed by atoms with Gasteiger partial charge in [-0.1, -0.05) is 51.9 Å². The van der Waals surface area contributed by atoms with Crippen molar-refractivity contribution in [1.29, 1.82) is 0 Å². The molecule has 1 aromatic heterocycles. The first-order chi connectivity index (χ1) is 10.2. The Bertz CT molecular complexity index is 423. The predicted molar refractivity (Wildman–Crippen MR) is 85.4 cm³/mol. The van der Waals surface area contributed by atoms with Gasteiger partial charge in [0.15, 0.2) is 6.29 Å². The molecule has 0 saturated heterocycles. The van der Waals surface area contributed by atoms with Crippen LogP contribution in [0.25, 0.3) is 0 Å². The van der Waals surface area contributed by atoms with Gasteiger partial charge >= 0.3 is 6.15 Å². The first-order valence-corrected chi connectivity index (χ1v) is 8.33. The average molecular weight is 311 g/mol. The lowest BCUT2D eigenvalue weighted by molar-refractivity contribution is -0.191. The lowest BCUT2D eigenvalue weighted by Gasteiger charge is -2.01. The summed E-state index contributed by atoms with van der Waals surface area (Å²) in [6, 6.07) is 1.94. The topological polar surface area (TPSA) is 77.2 Å². The fraction of sp³-hybridized carbons (Fsp3) is 0.625. The van der Waals surface area contributed by atoms with Gasteiger partial charge < -0.3 is 5.73 Å². The molecule has 0 unspecified atom stereocenters. The Balaban J connectivity index is 0.00000122. The van der Waals surface area contributed by atoms with Gasteiger partial charge in [0.1, 0.15) is 0 Å². The number of carbonyl (C=O) groups is 1. The highest BCUT2D eigenvalue weighted by atomic mass is 32.1. The van der Waals surface area contributed by atoms with Gasteiger partial charge in [0.25, 0.3) is 0 Å². The van der Waals surface area contributed by atoms with Gasteiger partial charge in [-0.3, -0.25) is 4.79 Å². The second-order valence-electron chi connectivity index (χ2n) is 4.96. The number of nitrogen functional groups attached to an aromatic ring is 1. The molecule has 0 radical (unpaired) electrons. The standard InChI is InChI=1S/C15H25NOS.CO2/c1-2-3-4-5-6-7-8-9-10-13-11-14(12-17)18-15(13)16;2-1-3/h11-12H,2-10,16H2,1H3;. The number of carbonyl (C=O) groups excluding carboxylic acids is 3. The summed E-state index contributed by atoms with van der Waals surface area (Å²) in [7, 11) is 0. The van der Waals surface area contributed by atoms with E-state index >= 15 is 0 Å². The van der Waals surface area contributed by atoms with Crippen molar-refractivity contribution in [2.24, 2.45) is 0 Å². The van der Waals surface area contributed by atoms with Crippen LogP contribution in [0.2, 0.25) is 0 Å². The molecule has 0 spiro atoms. The lowest BCUT2D eigenvalue weighted by atomic mass is 10.1. The monoisotopic (exact) mass is 311 g/mol. The van der Waals surface area contributed by atoms with Crippen LogP contribution < -0.4 is 5.73 Å². The van der Waals surface area contributed by atoms with E-state index in [9.17, 15) is 4.79 Å². The first kappa shape index (κ1) is 19.6. The van der Waals surface area contributed by atoms with Gasteiger partial charge in [0, 0.05) is 0 Å². The van der Waals surface area contributed by atoms with E-state index in [0.29, 0.717) is 0 Å². The van der Waals surface area contributed by atoms with E-state index in [4.69, 9.17) is 15.3 Å². The Morgan fingerprint density at radius 3 is 2.10 bits per heavy atom. The first-order valence-electron chi connectivity index (χ1n) is 7.52. The van der Waals surface area contributed by atoms with Crippen LogP contribution in [0.3, 0.4) is 0 Å². The van der Waals surface area contributed by atoms with Crippen LogP contribution in [0.5, 0.6) is 0 Å². The van der Waals surface area contributed by atoms with E-state index in [1.165, 1.54) is 62.7 Å². The molecule has 0 bridgehead atoms. The summed E-state index contributed by atoms with van der Waals surface area (Å²) in [5, 5.41) is 0.819. The number of anilines is 1. The zero-order valence-corrected chi connectivity index (χ0v) is 13.5. The third-order valence-corrected chi connectivity index (χ3v) is 4.21. The predicted octanol–water partition coefficient (Wildman–Crippen LogP) is 4.24. The molecular weight excluding hydrogens is 286 g/mol. The van der Waals surface area contributed by atoms with Gasteiger partial charge in [0.05, 0.1) is 9.88 Å². The summed E-state index contributed by atoms with van der Waals surface area (Å²) in [6.07, 6.45) is 12.8. The normalized spacial score (nSPS) is 9.57. The van der Waals surface area contributed by atoms with Crippen LogP contribution in [0.15, 0.2) is 6.07 Å². The number of unbranched alkanes of at least 4 members (excludes halogenated alkanes) is 7. The summed E-state index contributed by atoms with van der Waals surface area (Å²) in [6.45, 7) is 2.25. The number of hydrogen-bond donors (Lipinski definition) is 1. The Kier molecular flexibility index (Phi) is 12.6. The van der Waals surface area contributed by atoms with Gasteiger partial charge in [-0.25, -0.2) is 0 Å². The summed E-state index contributed by atoms with van der Waals surface area (Å²) in [5.41, 5.74) is 7.03. The van der Waals surface area contributed by atoms with E-state index in [0.717, 1.165) is 28.1 Å².